The van der Waals surface area contributed by atoms with Crippen molar-refractivity contribution in [3.05, 3.63) is 28.8 Å². The van der Waals surface area contributed by atoms with Gasteiger partial charge in [0.2, 0.25) is 5.91 Å². The van der Waals surface area contributed by atoms with Gasteiger partial charge in [-0.25, -0.2) is 0 Å². The van der Waals surface area contributed by atoms with E-state index in [1.54, 1.807) is 12.1 Å². The summed E-state index contributed by atoms with van der Waals surface area (Å²) < 4.78 is 0. The predicted octanol–water partition coefficient (Wildman–Crippen LogP) is 2.28. The zero-order valence-electron chi connectivity index (χ0n) is 9.53. The molecule has 3 N–H and O–H groups in total. The zero-order chi connectivity index (χ0) is 12.8. The van der Waals surface area contributed by atoms with Crippen molar-refractivity contribution in [3.8, 4) is 6.07 Å². The minimum Gasteiger partial charge on any atom is -0.323 e. The maximum absolute atomic E-state index is 11.6. The first-order chi connectivity index (χ1) is 8.08. The van der Waals surface area contributed by atoms with E-state index in [9.17, 15) is 4.79 Å². The minimum absolute atomic E-state index is 0.265. The number of nitrogens with one attached hydrogen (secondary N) is 1. The van der Waals surface area contributed by atoms with Gasteiger partial charge in [-0.1, -0.05) is 24.9 Å². The molecule has 0 bridgehead atoms. The fourth-order valence-electron chi connectivity index (χ4n) is 1.35. The molecule has 0 aliphatic carbocycles. The molecule has 90 valence electrons. The van der Waals surface area contributed by atoms with Gasteiger partial charge in [0.25, 0.3) is 0 Å². The number of nitriles is 1. The molecule has 0 aromatic heterocycles. The molecule has 0 saturated carbocycles. The van der Waals surface area contributed by atoms with E-state index in [-0.39, 0.29) is 5.91 Å². The van der Waals surface area contributed by atoms with Crippen LogP contribution in [-0.4, -0.2) is 11.9 Å². The largest absolute Gasteiger partial charge is 0.323 e. The molecule has 0 heterocycles. The predicted molar refractivity (Wildman–Crippen MR) is 67.7 cm³/mol. The summed E-state index contributed by atoms with van der Waals surface area (Å²) in [6.07, 6.45) is 1.47. The van der Waals surface area contributed by atoms with Crippen LogP contribution in [-0.2, 0) is 4.79 Å². The molecule has 1 atom stereocenters. The van der Waals surface area contributed by atoms with Crippen LogP contribution in [0.1, 0.15) is 25.3 Å². The van der Waals surface area contributed by atoms with E-state index in [0.717, 1.165) is 6.42 Å². The van der Waals surface area contributed by atoms with Gasteiger partial charge in [0, 0.05) is 0 Å². The number of rotatable bonds is 4. The molecule has 5 heteroatoms. The Morgan fingerprint density at radius 3 is 2.88 bits per heavy atom. The monoisotopic (exact) mass is 251 g/mol. The molecule has 1 rings (SSSR count). The summed E-state index contributed by atoms with van der Waals surface area (Å²) in [4.78, 5) is 11.6. The van der Waals surface area contributed by atoms with Gasteiger partial charge in [0.15, 0.2) is 0 Å². The number of nitrogens with two attached hydrogens (primary N) is 1. The minimum atomic E-state index is -0.535. The van der Waals surface area contributed by atoms with Gasteiger partial charge < -0.3 is 11.1 Å². The topological polar surface area (TPSA) is 78.9 Å². The Morgan fingerprint density at radius 2 is 2.35 bits per heavy atom. The van der Waals surface area contributed by atoms with Gasteiger partial charge >= 0.3 is 0 Å². The summed E-state index contributed by atoms with van der Waals surface area (Å²) in [6, 6.07) is 6.12. The van der Waals surface area contributed by atoms with Crippen LogP contribution >= 0.6 is 11.6 Å². The van der Waals surface area contributed by atoms with Crippen molar-refractivity contribution in [1.82, 2.24) is 0 Å². The summed E-state index contributed by atoms with van der Waals surface area (Å²) in [5, 5.41) is 11.7. The number of carbonyl (C=O) groups excluding carboxylic acids is 1. The second kappa shape index (κ2) is 6.24. The molecule has 4 nitrogen and oxygen atoms in total. The lowest BCUT2D eigenvalue weighted by Crippen LogP contribution is -2.35. The highest BCUT2D eigenvalue weighted by Crippen LogP contribution is 2.22. The van der Waals surface area contributed by atoms with Crippen molar-refractivity contribution < 1.29 is 4.79 Å². The van der Waals surface area contributed by atoms with Crippen molar-refractivity contribution >= 4 is 23.2 Å². The molecule has 0 saturated heterocycles. The summed E-state index contributed by atoms with van der Waals surface area (Å²) >= 11 is 5.93. The number of anilines is 1. The molecule has 0 aliphatic rings. The van der Waals surface area contributed by atoms with Crippen LogP contribution in [0.15, 0.2) is 18.2 Å². The maximum Gasteiger partial charge on any atom is 0.241 e. The first kappa shape index (κ1) is 13.5. The molecule has 0 spiro atoms. The molecule has 0 unspecified atom stereocenters. The molecule has 0 aliphatic heterocycles. The van der Waals surface area contributed by atoms with Gasteiger partial charge in [0.1, 0.15) is 0 Å². The van der Waals surface area contributed by atoms with Gasteiger partial charge in [-0.3, -0.25) is 4.79 Å². The molecule has 1 aromatic carbocycles. The lowest BCUT2D eigenvalue weighted by atomic mass is 10.1. The van der Waals surface area contributed by atoms with E-state index in [4.69, 9.17) is 22.6 Å². The van der Waals surface area contributed by atoms with Crippen molar-refractivity contribution in [2.75, 3.05) is 5.32 Å². The Hall–Kier alpha value is -1.57. The third-order valence-electron chi connectivity index (χ3n) is 2.29. The summed E-state index contributed by atoms with van der Waals surface area (Å²) in [5.41, 5.74) is 6.60. The lowest BCUT2D eigenvalue weighted by Gasteiger charge is -2.12. The van der Waals surface area contributed by atoms with E-state index in [2.05, 4.69) is 5.32 Å². The fraction of sp³-hybridized carbons (Fsp3) is 0.333. The van der Waals surface area contributed by atoms with Crippen LogP contribution in [0.2, 0.25) is 5.02 Å². The SMILES string of the molecule is CCC[C@H](N)C(=O)Nc1ccc(C#N)cc1Cl. The number of amides is 1. The number of nitrogens with zero attached hydrogens (tertiary/aromatic N) is 1. The number of carbonyl (C=O) groups is 1. The van der Waals surface area contributed by atoms with Crippen LogP contribution in [0.4, 0.5) is 5.69 Å². The zero-order valence-corrected chi connectivity index (χ0v) is 10.3. The number of hydrogen-bond acceptors (Lipinski definition) is 3. The molecule has 0 radical (unpaired) electrons. The number of hydrogen-bond donors (Lipinski definition) is 2. The highest BCUT2D eigenvalue weighted by atomic mass is 35.5. The average molecular weight is 252 g/mol. The summed E-state index contributed by atoms with van der Waals surface area (Å²) in [7, 11) is 0. The maximum atomic E-state index is 11.6. The van der Waals surface area contributed by atoms with E-state index in [1.807, 2.05) is 13.0 Å². The van der Waals surface area contributed by atoms with Crippen LogP contribution in [0.25, 0.3) is 0 Å². The normalized spacial score (nSPS) is 11.6. The van der Waals surface area contributed by atoms with E-state index < -0.39 is 6.04 Å². The summed E-state index contributed by atoms with van der Waals surface area (Å²) in [5.74, 6) is -0.265. The van der Waals surface area contributed by atoms with Crippen molar-refractivity contribution in [1.29, 1.82) is 5.26 Å². The van der Waals surface area contributed by atoms with Gasteiger partial charge in [-0.05, 0) is 24.6 Å². The molecule has 1 amide bonds. The lowest BCUT2D eigenvalue weighted by molar-refractivity contribution is -0.117. The average Bonchev–Trinajstić information content (AvgIpc) is 2.31. The molecule has 17 heavy (non-hydrogen) atoms. The van der Waals surface area contributed by atoms with Crippen LogP contribution < -0.4 is 11.1 Å². The Morgan fingerprint density at radius 1 is 1.65 bits per heavy atom. The second-order valence-corrected chi connectivity index (χ2v) is 4.10. The van der Waals surface area contributed by atoms with E-state index in [0.29, 0.717) is 22.7 Å². The smallest absolute Gasteiger partial charge is 0.241 e. The Labute approximate surface area is 105 Å². The third kappa shape index (κ3) is 3.74. The highest BCUT2D eigenvalue weighted by molar-refractivity contribution is 6.33. The first-order valence-corrected chi connectivity index (χ1v) is 5.72. The Bertz CT molecular complexity index is 454. The Kier molecular flexibility index (Phi) is 4.95. The van der Waals surface area contributed by atoms with Gasteiger partial charge in [-0.2, -0.15) is 5.26 Å². The molecule has 1 aromatic rings. The third-order valence-corrected chi connectivity index (χ3v) is 2.61. The first-order valence-electron chi connectivity index (χ1n) is 5.34. The fourth-order valence-corrected chi connectivity index (χ4v) is 1.58. The van der Waals surface area contributed by atoms with Gasteiger partial charge in [-0.15, -0.1) is 0 Å². The number of benzene rings is 1. The summed E-state index contributed by atoms with van der Waals surface area (Å²) in [6.45, 7) is 1.96. The van der Waals surface area contributed by atoms with Crippen molar-refractivity contribution in [2.45, 2.75) is 25.8 Å². The number of halogens is 1. The second-order valence-electron chi connectivity index (χ2n) is 3.69. The van der Waals surface area contributed by atoms with Crippen LogP contribution in [0.3, 0.4) is 0 Å². The quantitative estimate of drug-likeness (QED) is 0.862. The molecular formula is C12H14ClN3O. The van der Waals surface area contributed by atoms with E-state index in [1.165, 1.54) is 6.07 Å². The van der Waals surface area contributed by atoms with Crippen LogP contribution in [0, 0.1) is 11.3 Å². The van der Waals surface area contributed by atoms with Crippen molar-refractivity contribution in [3.63, 3.8) is 0 Å². The molecular weight excluding hydrogens is 238 g/mol. The van der Waals surface area contributed by atoms with Crippen LogP contribution in [0.5, 0.6) is 0 Å². The van der Waals surface area contributed by atoms with Gasteiger partial charge in [0.05, 0.1) is 28.4 Å². The van der Waals surface area contributed by atoms with E-state index >= 15 is 0 Å². The molecule has 0 fully saturated rings. The highest BCUT2D eigenvalue weighted by Gasteiger charge is 2.13. The Balaban J connectivity index is 2.76. The standard InChI is InChI=1S/C12H14ClN3O/c1-2-3-10(15)12(17)16-11-5-4-8(7-14)6-9(11)13/h4-6,10H,2-3,15H2,1H3,(H,16,17)/t10-/m0/s1. The van der Waals surface area contributed by atoms with Crippen molar-refractivity contribution in [2.24, 2.45) is 5.73 Å².